The van der Waals surface area contributed by atoms with Crippen molar-refractivity contribution < 1.29 is 4.79 Å². The fourth-order valence-corrected chi connectivity index (χ4v) is 2.10. The van der Waals surface area contributed by atoms with Crippen molar-refractivity contribution >= 4 is 23.2 Å². The Kier molecular flexibility index (Phi) is 4.08. The van der Waals surface area contributed by atoms with E-state index in [-0.39, 0.29) is 5.91 Å². The maximum Gasteiger partial charge on any atom is 0.248 e. The van der Waals surface area contributed by atoms with Crippen molar-refractivity contribution in [2.75, 3.05) is 18.4 Å². The van der Waals surface area contributed by atoms with Crippen LogP contribution in [0.1, 0.15) is 12.0 Å². The first-order valence-electron chi connectivity index (χ1n) is 6.00. The second-order valence-electron chi connectivity index (χ2n) is 4.53. The second-order valence-corrected chi connectivity index (χ2v) is 4.93. The molecule has 0 aromatic heterocycles. The lowest BCUT2D eigenvalue weighted by atomic mass is 10.2. The molecule has 1 amide bonds. The van der Waals surface area contributed by atoms with E-state index >= 15 is 0 Å². The maximum atomic E-state index is 11.8. The van der Waals surface area contributed by atoms with Crippen molar-refractivity contribution in [3.63, 3.8) is 0 Å². The molecule has 0 aliphatic carbocycles. The minimum atomic E-state index is -0.185. The second kappa shape index (κ2) is 5.77. The first kappa shape index (κ1) is 13.4. The van der Waals surface area contributed by atoms with Crippen LogP contribution in [-0.4, -0.2) is 23.9 Å². The van der Waals surface area contributed by atoms with Crippen LogP contribution in [0.15, 0.2) is 29.8 Å². The zero-order valence-electron chi connectivity index (χ0n) is 10.6. The number of hydrogen-bond acceptors (Lipinski definition) is 3. The van der Waals surface area contributed by atoms with E-state index in [2.05, 4.69) is 11.5 Å². The van der Waals surface area contributed by atoms with Gasteiger partial charge in [0.15, 0.2) is 6.19 Å². The number of hydrogen-bond donors (Lipinski definition) is 1. The Morgan fingerprint density at radius 2 is 2.37 bits per heavy atom. The Bertz CT molecular complexity index is 575. The third-order valence-electron chi connectivity index (χ3n) is 3.01. The Hall–Kier alpha value is -1.99. The van der Waals surface area contributed by atoms with E-state index in [1.165, 1.54) is 0 Å². The number of carbonyl (C=O) groups excluding carboxylic acids is 1. The SMILES string of the molecule is Cc1ccc(NC(=O)/C=C2\CCN(C#N)C2)cc1Cl. The van der Waals surface area contributed by atoms with Gasteiger partial charge in [-0.3, -0.25) is 4.79 Å². The number of nitrogens with one attached hydrogen (secondary N) is 1. The molecular weight excluding hydrogens is 262 g/mol. The largest absolute Gasteiger partial charge is 0.322 e. The van der Waals surface area contributed by atoms with Crippen molar-refractivity contribution in [1.29, 1.82) is 5.26 Å². The summed E-state index contributed by atoms with van der Waals surface area (Å²) in [6, 6.07) is 5.40. The van der Waals surface area contributed by atoms with E-state index in [1.54, 1.807) is 17.0 Å². The van der Waals surface area contributed by atoms with Gasteiger partial charge in [0, 0.05) is 29.9 Å². The number of likely N-dealkylation sites (tertiary alicyclic amines) is 1. The van der Waals surface area contributed by atoms with Gasteiger partial charge in [-0.2, -0.15) is 5.26 Å². The maximum absolute atomic E-state index is 11.8. The van der Waals surface area contributed by atoms with Gasteiger partial charge in [0.05, 0.1) is 0 Å². The summed E-state index contributed by atoms with van der Waals surface area (Å²) in [6.07, 6.45) is 4.39. The Balaban J connectivity index is 2.00. The molecule has 98 valence electrons. The molecule has 4 nitrogen and oxygen atoms in total. The highest BCUT2D eigenvalue weighted by Gasteiger charge is 2.15. The number of aryl methyl sites for hydroxylation is 1. The smallest absolute Gasteiger partial charge is 0.248 e. The molecule has 19 heavy (non-hydrogen) atoms. The van der Waals surface area contributed by atoms with Crippen LogP contribution in [0.5, 0.6) is 0 Å². The summed E-state index contributed by atoms with van der Waals surface area (Å²) < 4.78 is 0. The van der Waals surface area contributed by atoms with Gasteiger partial charge in [0.2, 0.25) is 5.91 Å². The number of anilines is 1. The zero-order valence-corrected chi connectivity index (χ0v) is 11.4. The van der Waals surface area contributed by atoms with Crippen LogP contribution in [0.25, 0.3) is 0 Å². The molecule has 5 heteroatoms. The Morgan fingerprint density at radius 3 is 3.00 bits per heavy atom. The summed E-state index contributed by atoms with van der Waals surface area (Å²) in [4.78, 5) is 13.5. The summed E-state index contributed by atoms with van der Waals surface area (Å²) >= 11 is 6.00. The van der Waals surface area contributed by atoms with Gasteiger partial charge in [-0.05, 0) is 36.6 Å². The molecule has 1 heterocycles. The highest BCUT2D eigenvalue weighted by Crippen LogP contribution is 2.20. The summed E-state index contributed by atoms with van der Waals surface area (Å²) in [5.41, 5.74) is 2.61. The minimum Gasteiger partial charge on any atom is -0.322 e. The molecule has 1 aliphatic heterocycles. The van der Waals surface area contributed by atoms with E-state index in [0.29, 0.717) is 23.8 Å². The molecule has 1 fully saturated rings. The van der Waals surface area contributed by atoms with Gasteiger partial charge in [-0.25, -0.2) is 0 Å². The van der Waals surface area contributed by atoms with Gasteiger partial charge in [-0.15, -0.1) is 0 Å². The van der Waals surface area contributed by atoms with Crippen LogP contribution in [0.4, 0.5) is 5.69 Å². The number of nitrogens with zero attached hydrogens (tertiary/aromatic N) is 2. The summed E-state index contributed by atoms with van der Waals surface area (Å²) in [5.74, 6) is -0.185. The number of nitriles is 1. The van der Waals surface area contributed by atoms with E-state index in [0.717, 1.165) is 17.6 Å². The lowest BCUT2D eigenvalue weighted by molar-refractivity contribution is -0.112. The molecule has 0 radical (unpaired) electrons. The van der Waals surface area contributed by atoms with Gasteiger partial charge in [0.1, 0.15) is 0 Å². The Labute approximate surface area is 117 Å². The van der Waals surface area contributed by atoms with E-state index < -0.39 is 0 Å². The molecule has 0 atom stereocenters. The zero-order chi connectivity index (χ0) is 13.8. The van der Waals surface area contributed by atoms with Crippen LogP contribution in [0.2, 0.25) is 5.02 Å². The van der Waals surface area contributed by atoms with Gasteiger partial charge in [0.25, 0.3) is 0 Å². The van der Waals surface area contributed by atoms with E-state index in [4.69, 9.17) is 16.9 Å². The van der Waals surface area contributed by atoms with Crippen LogP contribution >= 0.6 is 11.6 Å². The first-order valence-corrected chi connectivity index (χ1v) is 6.37. The number of amides is 1. The molecule has 1 aromatic rings. The predicted octanol–water partition coefficient (Wildman–Crippen LogP) is 2.70. The van der Waals surface area contributed by atoms with Crippen LogP contribution in [0, 0.1) is 18.4 Å². The molecule has 0 bridgehead atoms. The third-order valence-corrected chi connectivity index (χ3v) is 3.42. The lowest BCUT2D eigenvalue weighted by Gasteiger charge is -2.05. The van der Waals surface area contributed by atoms with Crippen molar-refractivity contribution in [2.45, 2.75) is 13.3 Å². The Morgan fingerprint density at radius 1 is 1.58 bits per heavy atom. The molecular formula is C14H14ClN3O. The average molecular weight is 276 g/mol. The van der Waals surface area contributed by atoms with Gasteiger partial charge in [-0.1, -0.05) is 17.7 Å². The molecule has 0 spiro atoms. The fraction of sp³-hybridized carbons (Fsp3) is 0.286. The predicted molar refractivity (Wildman–Crippen MR) is 74.7 cm³/mol. The molecule has 1 N–H and O–H groups in total. The molecule has 1 saturated heterocycles. The van der Waals surface area contributed by atoms with Crippen molar-refractivity contribution in [2.24, 2.45) is 0 Å². The quantitative estimate of drug-likeness (QED) is 0.667. The van der Waals surface area contributed by atoms with Crippen LogP contribution in [0.3, 0.4) is 0 Å². The third kappa shape index (κ3) is 3.49. The minimum absolute atomic E-state index is 0.185. The monoisotopic (exact) mass is 275 g/mol. The molecule has 0 saturated carbocycles. The van der Waals surface area contributed by atoms with Crippen molar-refractivity contribution in [1.82, 2.24) is 4.90 Å². The topological polar surface area (TPSA) is 56.1 Å². The summed E-state index contributed by atoms with van der Waals surface area (Å²) in [6.45, 7) is 3.13. The van der Waals surface area contributed by atoms with E-state index in [1.807, 2.05) is 19.1 Å². The van der Waals surface area contributed by atoms with Crippen LogP contribution in [-0.2, 0) is 4.79 Å². The van der Waals surface area contributed by atoms with Gasteiger partial charge >= 0.3 is 0 Å². The van der Waals surface area contributed by atoms with Crippen LogP contribution < -0.4 is 5.32 Å². The standard InChI is InChI=1S/C14H14ClN3O/c1-10-2-3-12(7-13(10)15)17-14(19)6-11-4-5-18(8-11)9-16/h2-3,6-7H,4-5,8H2,1H3,(H,17,19)/b11-6+. The molecule has 2 rings (SSSR count). The first-order chi connectivity index (χ1) is 9.08. The van der Waals surface area contributed by atoms with Gasteiger partial charge < -0.3 is 10.2 Å². The highest BCUT2D eigenvalue weighted by molar-refractivity contribution is 6.31. The summed E-state index contributed by atoms with van der Waals surface area (Å²) in [7, 11) is 0. The molecule has 0 unspecified atom stereocenters. The normalized spacial score (nSPS) is 16.5. The number of benzene rings is 1. The average Bonchev–Trinajstić information content (AvgIpc) is 2.81. The molecule has 1 aromatic carbocycles. The van der Waals surface area contributed by atoms with E-state index in [9.17, 15) is 4.79 Å². The van der Waals surface area contributed by atoms with Crippen molar-refractivity contribution in [3.8, 4) is 6.19 Å². The number of rotatable bonds is 2. The summed E-state index contributed by atoms with van der Waals surface area (Å²) in [5, 5.41) is 12.1. The lowest BCUT2D eigenvalue weighted by Crippen LogP contribution is -2.12. The molecule has 1 aliphatic rings. The van der Waals surface area contributed by atoms with Crippen molar-refractivity contribution in [3.05, 3.63) is 40.4 Å². The fourth-order valence-electron chi connectivity index (χ4n) is 1.92. The number of halogens is 1. The highest BCUT2D eigenvalue weighted by atomic mass is 35.5. The number of carbonyl (C=O) groups is 1.